The third kappa shape index (κ3) is 4.87. The van der Waals surface area contributed by atoms with E-state index >= 15 is 0 Å². The van der Waals surface area contributed by atoms with Gasteiger partial charge in [-0.25, -0.2) is 0 Å². The smallest absolute Gasteiger partial charge is 0.134 e. The minimum Gasteiger partial charge on any atom is -0.488 e. The molecule has 2 aromatic carbocycles. The summed E-state index contributed by atoms with van der Waals surface area (Å²) in [5.74, 6) is 0.906. The predicted molar refractivity (Wildman–Crippen MR) is 91.5 cm³/mol. The van der Waals surface area contributed by atoms with Gasteiger partial charge in [0.05, 0.1) is 4.47 Å². The fourth-order valence-corrected chi connectivity index (χ4v) is 2.56. The molecule has 0 N–H and O–H groups in total. The molecule has 0 aromatic heterocycles. The fraction of sp³-hybridized carbons (Fsp3) is 0.333. The third-order valence-electron chi connectivity index (χ3n) is 3.53. The van der Waals surface area contributed by atoms with Crippen molar-refractivity contribution in [3.05, 3.63) is 64.1 Å². The van der Waals surface area contributed by atoms with E-state index in [4.69, 9.17) is 4.74 Å². The van der Waals surface area contributed by atoms with Crippen molar-refractivity contribution in [2.75, 3.05) is 13.1 Å². The van der Waals surface area contributed by atoms with Crippen LogP contribution in [0.1, 0.15) is 25.0 Å². The minimum absolute atomic E-state index is 0.591. The van der Waals surface area contributed by atoms with Crippen LogP contribution in [-0.2, 0) is 13.2 Å². The van der Waals surface area contributed by atoms with Crippen LogP contribution in [0.5, 0.6) is 5.75 Å². The molecule has 0 amide bonds. The molecule has 2 rings (SSSR count). The maximum absolute atomic E-state index is 5.95. The maximum Gasteiger partial charge on any atom is 0.134 e. The van der Waals surface area contributed by atoms with Gasteiger partial charge in [-0.2, -0.15) is 0 Å². The van der Waals surface area contributed by atoms with E-state index in [1.807, 2.05) is 18.2 Å². The van der Waals surface area contributed by atoms with Crippen molar-refractivity contribution >= 4 is 15.9 Å². The minimum atomic E-state index is 0.591. The van der Waals surface area contributed by atoms with Crippen molar-refractivity contribution in [3.8, 4) is 5.75 Å². The zero-order chi connectivity index (χ0) is 15.1. The molecule has 0 aliphatic heterocycles. The van der Waals surface area contributed by atoms with E-state index in [9.17, 15) is 0 Å². The number of ether oxygens (including phenoxy) is 1. The zero-order valence-electron chi connectivity index (χ0n) is 12.7. The summed E-state index contributed by atoms with van der Waals surface area (Å²) in [5.41, 5.74) is 2.46. The first-order valence-electron chi connectivity index (χ1n) is 7.40. The van der Waals surface area contributed by atoms with Crippen LogP contribution in [0.2, 0.25) is 0 Å². The molecule has 2 aromatic rings. The molecule has 3 heteroatoms. The summed E-state index contributed by atoms with van der Waals surface area (Å²) in [7, 11) is 0. The molecule has 0 fully saturated rings. The standard InChI is InChI=1S/C18H22BrNO/c1-3-20(4-2)13-16-10-11-17(19)18(12-16)21-14-15-8-6-5-7-9-15/h5-12H,3-4,13-14H2,1-2H3. The van der Waals surface area contributed by atoms with Crippen LogP contribution < -0.4 is 4.74 Å². The monoisotopic (exact) mass is 347 g/mol. The Bertz CT molecular complexity index is 552. The fourth-order valence-electron chi connectivity index (χ4n) is 2.20. The second kappa shape index (κ2) is 8.20. The van der Waals surface area contributed by atoms with Crippen LogP contribution in [0.3, 0.4) is 0 Å². The van der Waals surface area contributed by atoms with Crippen molar-refractivity contribution in [1.82, 2.24) is 4.90 Å². The highest BCUT2D eigenvalue weighted by Gasteiger charge is 2.06. The van der Waals surface area contributed by atoms with Gasteiger partial charge in [-0.15, -0.1) is 0 Å². The highest BCUT2D eigenvalue weighted by molar-refractivity contribution is 9.10. The second-order valence-electron chi connectivity index (χ2n) is 5.00. The van der Waals surface area contributed by atoms with E-state index in [1.165, 1.54) is 11.1 Å². The molecule has 0 atom stereocenters. The maximum atomic E-state index is 5.95. The number of hydrogen-bond donors (Lipinski definition) is 0. The largest absolute Gasteiger partial charge is 0.488 e. The van der Waals surface area contributed by atoms with E-state index in [0.717, 1.165) is 29.9 Å². The Morgan fingerprint density at radius 1 is 0.952 bits per heavy atom. The Morgan fingerprint density at radius 2 is 1.67 bits per heavy atom. The molecule has 0 heterocycles. The average molecular weight is 348 g/mol. The van der Waals surface area contributed by atoms with E-state index < -0.39 is 0 Å². The van der Waals surface area contributed by atoms with Crippen molar-refractivity contribution in [3.63, 3.8) is 0 Å². The molecule has 0 unspecified atom stereocenters. The molecule has 112 valence electrons. The number of halogens is 1. The molecule has 0 saturated carbocycles. The number of benzene rings is 2. The highest BCUT2D eigenvalue weighted by atomic mass is 79.9. The van der Waals surface area contributed by atoms with Gasteiger partial charge in [-0.05, 0) is 52.3 Å². The summed E-state index contributed by atoms with van der Waals surface area (Å²) in [5, 5.41) is 0. The first-order chi connectivity index (χ1) is 10.2. The van der Waals surface area contributed by atoms with Crippen LogP contribution in [0, 0.1) is 0 Å². The van der Waals surface area contributed by atoms with Gasteiger partial charge in [0.2, 0.25) is 0 Å². The average Bonchev–Trinajstić information content (AvgIpc) is 2.53. The SMILES string of the molecule is CCN(CC)Cc1ccc(Br)c(OCc2ccccc2)c1. The Kier molecular flexibility index (Phi) is 6.27. The van der Waals surface area contributed by atoms with Crippen LogP contribution >= 0.6 is 15.9 Å². The molecule has 21 heavy (non-hydrogen) atoms. The van der Waals surface area contributed by atoms with E-state index in [0.29, 0.717) is 6.61 Å². The first-order valence-corrected chi connectivity index (χ1v) is 8.19. The van der Waals surface area contributed by atoms with Crippen molar-refractivity contribution in [2.45, 2.75) is 27.0 Å². The lowest BCUT2D eigenvalue weighted by Gasteiger charge is -2.19. The summed E-state index contributed by atoms with van der Waals surface area (Å²) in [4.78, 5) is 2.39. The molecular formula is C18H22BrNO. The molecule has 0 spiro atoms. The Hall–Kier alpha value is -1.32. The summed E-state index contributed by atoms with van der Waals surface area (Å²) in [6.45, 7) is 8.06. The van der Waals surface area contributed by atoms with E-state index in [2.05, 4.69) is 65.0 Å². The van der Waals surface area contributed by atoms with Gasteiger partial charge in [0.15, 0.2) is 0 Å². The van der Waals surface area contributed by atoms with Gasteiger partial charge in [0.1, 0.15) is 12.4 Å². The third-order valence-corrected chi connectivity index (χ3v) is 4.19. The lowest BCUT2D eigenvalue weighted by Crippen LogP contribution is -2.22. The van der Waals surface area contributed by atoms with Gasteiger partial charge in [0, 0.05) is 6.54 Å². The lowest BCUT2D eigenvalue weighted by atomic mass is 10.2. The molecule has 0 aliphatic rings. The van der Waals surface area contributed by atoms with Crippen molar-refractivity contribution < 1.29 is 4.74 Å². The van der Waals surface area contributed by atoms with Crippen molar-refractivity contribution in [2.24, 2.45) is 0 Å². The summed E-state index contributed by atoms with van der Waals surface area (Å²) < 4.78 is 6.95. The van der Waals surface area contributed by atoms with Crippen LogP contribution in [0.25, 0.3) is 0 Å². The van der Waals surface area contributed by atoms with Gasteiger partial charge >= 0.3 is 0 Å². The summed E-state index contributed by atoms with van der Waals surface area (Å²) in [6, 6.07) is 16.6. The Morgan fingerprint density at radius 3 is 2.33 bits per heavy atom. The number of nitrogens with zero attached hydrogens (tertiary/aromatic N) is 1. The predicted octanol–water partition coefficient (Wildman–Crippen LogP) is 4.87. The lowest BCUT2D eigenvalue weighted by molar-refractivity contribution is 0.290. The van der Waals surface area contributed by atoms with Gasteiger partial charge in [-0.1, -0.05) is 50.2 Å². The van der Waals surface area contributed by atoms with Gasteiger partial charge in [-0.3, -0.25) is 4.90 Å². The highest BCUT2D eigenvalue weighted by Crippen LogP contribution is 2.27. The molecule has 0 bridgehead atoms. The van der Waals surface area contributed by atoms with Gasteiger partial charge < -0.3 is 4.74 Å². The zero-order valence-corrected chi connectivity index (χ0v) is 14.3. The Labute approximate surface area is 135 Å². The summed E-state index contributed by atoms with van der Waals surface area (Å²) in [6.07, 6.45) is 0. The van der Waals surface area contributed by atoms with Crippen LogP contribution in [0.15, 0.2) is 53.0 Å². The first kappa shape index (κ1) is 16.1. The summed E-state index contributed by atoms with van der Waals surface area (Å²) >= 11 is 3.57. The number of hydrogen-bond acceptors (Lipinski definition) is 2. The van der Waals surface area contributed by atoms with Crippen LogP contribution in [0.4, 0.5) is 0 Å². The second-order valence-corrected chi connectivity index (χ2v) is 5.85. The molecule has 0 saturated heterocycles. The number of rotatable bonds is 7. The topological polar surface area (TPSA) is 12.5 Å². The van der Waals surface area contributed by atoms with E-state index in [1.54, 1.807) is 0 Å². The molecular weight excluding hydrogens is 326 g/mol. The Balaban J connectivity index is 2.05. The van der Waals surface area contributed by atoms with Gasteiger partial charge in [0.25, 0.3) is 0 Å². The van der Waals surface area contributed by atoms with Crippen molar-refractivity contribution in [1.29, 1.82) is 0 Å². The van der Waals surface area contributed by atoms with Crippen LogP contribution in [-0.4, -0.2) is 18.0 Å². The molecule has 0 radical (unpaired) electrons. The molecule has 0 aliphatic carbocycles. The van der Waals surface area contributed by atoms with E-state index in [-0.39, 0.29) is 0 Å². The normalized spacial score (nSPS) is 10.9. The molecule has 2 nitrogen and oxygen atoms in total. The quantitative estimate of drug-likeness (QED) is 0.708.